The third kappa shape index (κ3) is 2.43. The summed E-state index contributed by atoms with van der Waals surface area (Å²) in [5, 5.41) is 4.42. The van der Waals surface area contributed by atoms with Gasteiger partial charge in [-0.3, -0.25) is 14.6 Å². The Morgan fingerprint density at radius 3 is 3.06 bits per heavy atom. The molecule has 0 saturated carbocycles. The van der Waals surface area contributed by atoms with Crippen LogP contribution in [0.25, 0.3) is 0 Å². The van der Waals surface area contributed by atoms with Crippen molar-refractivity contribution in [3.05, 3.63) is 48.0 Å². The van der Waals surface area contributed by atoms with E-state index in [2.05, 4.69) is 38.9 Å². The Labute approximate surface area is 107 Å². The van der Waals surface area contributed by atoms with Gasteiger partial charge in [-0.05, 0) is 30.5 Å². The first-order valence-corrected chi connectivity index (χ1v) is 6.43. The molecule has 4 heteroatoms. The summed E-state index contributed by atoms with van der Waals surface area (Å²) in [6, 6.07) is 4.66. The van der Waals surface area contributed by atoms with Gasteiger partial charge < -0.3 is 0 Å². The average molecular weight is 242 g/mol. The molecule has 3 heterocycles. The van der Waals surface area contributed by atoms with Crippen LogP contribution in [-0.4, -0.2) is 32.8 Å². The molecule has 18 heavy (non-hydrogen) atoms. The molecule has 0 amide bonds. The van der Waals surface area contributed by atoms with Crippen molar-refractivity contribution in [1.82, 2.24) is 19.7 Å². The third-order valence-corrected chi connectivity index (χ3v) is 3.48. The van der Waals surface area contributed by atoms with Crippen molar-refractivity contribution in [1.29, 1.82) is 0 Å². The van der Waals surface area contributed by atoms with Gasteiger partial charge in [0, 0.05) is 38.2 Å². The summed E-state index contributed by atoms with van der Waals surface area (Å²) in [5.41, 5.74) is 2.52. The molecule has 2 aromatic rings. The zero-order chi connectivity index (χ0) is 12.4. The van der Waals surface area contributed by atoms with Gasteiger partial charge in [0.15, 0.2) is 0 Å². The number of rotatable bonds is 3. The zero-order valence-electron chi connectivity index (χ0n) is 10.7. The van der Waals surface area contributed by atoms with Gasteiger partial charge in [0.1, 0.15) is 0 Å². The standard InChI is InChI=1S/C14H18N4/c1-12-7-16-18(9-12)14-4-6-17(11-14)10-13-3-2-5-15-8-13/h2-3,5,7-9,14H,4,6,10-11H2,1H3. The van der Waals surface area contributed by atoms with Gasteiger partial charge in [0.25, 0.3) is 0 Å². The first-order chi connectivity index (χ1) is 8.81. The van der Waals surface area contributed by atoms with Crippen LogP contribution in [0.2, 0.25) is 0 Å². The third-order valence-electron chi connectivity index (χ3n) is 3.48. The lowest BCUT2D eigenvalue weighted by molar-refractivity contribution is 0.311. The van der Waals surface area contributed by atoms with Crippen LogP contribution >= 0.6 is 0 Å². The summed E-state index contributed by atoms with van der Waals surface area (Å²) in [7, 11) is 0. The van der Waals surface area contributed by atoms with Crippen molar-refractivity contribution < 1.29 is 0 Å². The summed E-state index contributed by atoms with van der Waals surface area (Å²) < 4.78 is 2.11. The predicted molar refractivity (Wildman–Crippen MR) is 70.1 cm³/mol. The quantitative estimate of drug-likeness (QED) is 0.826. The minimum Gasteiger partial charge on any atom is -0.297 e. The Morgan fingerprint density at radius 2 is 2.33 bits per heavy atom. The number of nitrogens with zero attached hydrogens (tertiary/aromatic N) is 4. The van der Waals surface area contributed by atoms with E-state index >= 15 is 0 Å². The monoisotopic (exact) mass is 242 g/mol. The van der Waals surface area contributed by atoms with Gasteiger partial charge in [0.2, 0.25) is 0 Å². The molecule has 0 radical (unpaired) electrons. The fourth-order valence-corrected chi connectivity index (χ4v) is 2.55. The number of aromatic nitrogens is 3. The fraction of sp³-hybridized carbons (Fsp3) is 0.429. The summed E-state index contributed by atoms with van der Waals surface area (Å²) in [6.07, 6.45) is 9.03. The van der Waals surface area contributed by atoms with Gasteiger partial charge in [0.05, 0.1) is 12.2 Å². The van der Waals surface area contributed by atoms with Crippen LogP contribution < -0.4 is 0 Å². The van der Waals surface area contributed by atoms with Gasteiger partial charge in [-0.25, -0.2) is 0 Å². The van der Waals surface area contributed by atoms with E-state index in [0.717, 1.165) is 19.6 Å². The summed E-state index contributed by atoms with van der Waals surface area (Å²) in [6.45, 7) is 5.30. The molecular formula is C14H18N4. The number of hydrogen-bond acceptors (Lipinski definition) is 3. The predicted octanol–water partition coefficient (Wildman–Crippen LogP) is 2.03. The molecule has 1 fully saturated rings. The molecule has 1 unspecified atom stereocenters. The average Bonchev–Trinajstić information content (AvgIpc) is 2.99. The van der Waals surface area contributed by atoms with Crippen molar-refractivity contribution in [2.24, 2.45) is 0 Å². The Hall–Kier alpha value is -1.68. The van der Waals surface area contributed by atoms with Crippen molar-refractivity contribution in [2.45, 2.75) is 25.9 Å². The smallest absolute Gasteiger partial charge is 0.0658 e. The molecule has 1 atom stereocenters. The summed E-state index contributed by atoms with van der Waals surface area (Å²) in [5.74, 6) is 0. The van der Waals surface area contributed by atoms with Crippen LogP contribution in [0, 0.1) is 6.92 Å². The normalized spacial score (nSPS) is 20.4. The highest BCUT2D eigenvalue weighted by atomic mass is 15.3. The summed E-state index contributed by atoms with van der Waals surface area (Å²) in [4.78, 5) is 6.63. The largest absolute Gasteiger partial charge is 0.297 e. The molecule has 0 aromatic carbocycles. The number of pyridine rings is 1. The van der Waals surface area contributed by atoms with E-state index in [4.69, 9.17) is 0 Å². The molecule has 94 valence electrons. The maximum Gasteiger partial charge on any atom is 0.0658 e. The molecule has 2 aromatic heterocycles. The summed E-state index contributed by atoms with van der Waals surface area (Å²) >= 11 is 0. The Morgan fingerprint density at radius 1 is 1.39 bits per heavy atom. The second-order valence-electron chi connectivity index (χ2n) is 5.04. The first-order valence-electron chi connectivity index (χ1n) is 6.43. The minimum atomic E-state index is 0.523. The molecule has 3 rings (SSSR count). The molecule has 4 nitrogen and oxygen atoms in total. The van der Waals surface area contributed by atoms with E-state index in [0.29, 0.717) is 6.04 Å². The van der Waals surface area contributed by atoms with Crippen LogP contribution in [0.3, 0.4) is 0 Å². The van der Waals surface area contributed by atoms with Crippen LogP contribution in [-0.2, 0) is 6.54 Å². The van der Waals surface area contributed by atoms with Crippen molar-refractivity contribution in [2.75, 3.05) is 13.1 Å². The number of aryl methyl sites for hydroxylation is 1. The van der Waals surface area contributed by atoms with E-state index in [1.54, 1.807) is 0 Å². The molecule has 1 aliphatic heterocycles. The van der Waals surface area contributed by atoms with E-state index in [1.165, 1.54) is 17.5 Å². The number of hydrogen-bond donors (Lipinski definition) is 0. The van der Waals surface area contributed by atoms with Gasteiger partial charge in [-0.15, -0.1) is 0 Å². The first kappa shape index (κ1) is 11.4. The van der Waals surface area contributed by atoms with Crippen LogP contribution in [0.5, 0.6) is 0 Å². The van der Waals surface area contributed by atoms with Gasteiger partial charge in [-0.1, -0.05) is 6.07 Å². The molecular weight excluding hydrogens is 224 g/mol. The minimum absolute atomic E-state index is 0.523. The maximum atomic E-state index is 4.42. The lowest BCUT2D eigenvalue weighted by Crippen LogP contribution is -2.21. The van der Waals surface area contributed by atoms with Crippen molar-refractivity contribution >= 4 is 0 Å². The highest BCUT2D eigenvalue weighted by Gasteiger charge is 2.24. The van der Waals surface area contributed by atoms with Gasteiger partial charge in [-0.2, -0.15) is 5.10 Å². The molecule has 0 bridgehead atoms. The highest BCUT2D eigenvalue weighted by Crippen LogP contribution is 2.22. The SMILES string of the molecule is Cc1cnn(C2CCN(Cc3cccnc3)C2)c1. The Kier molecular flexibility index (Phi) is 3.11. The van der Waals surface area contributed by atoms with Crippen molar-refractivity contribution in [3.8, 4) is 0 Å². The van der Waals surface area contributed by atoms with E-state index in [9.17, 15) is 0 Å². The molecule has 1 aliphatic rings. The van der Waals surface area contributed by atoms with E-state index in [-0.39, 0.29) is 0 Å². The maximum absolute atomic E-state index is 4.42. The molecule has 0 aliphatic carbocycles. The van der Waals surface area contributed by atoms with Gasteiger partial charge >= 0.3 is 0 Å². The molecule has 0 N–H and O–H groups in total. The topological polar surface area (TPSA) is 34.0 Å². The highest BCUT2D eigenvalue weighted by molar-refractivity contribution is 5.08. The lowest BCUT2D eigenvalue weighted by Gasteiger charge is -2.15. The lowest BCUT2D eigenvalue weighted by atomic mass is 10.2. The van der Waals surface area contributed by atoms with Crippen LogP contribution in [0.1, 0.15) is 23.6 Å². The Bertz CT molecular complexity index is 506. The second kappa shape index (κ2) is 4.90. The zero-order valence-corrected chi connectivity index (χ0v) is 10.7. The second-order valence-corrected chi connectivity index (χ2v) is 5.04. The van der Waals surface area contributed by atoms with Crippen LogP contribution in [0.15, 0.2) is 36.9 Å². The number of likely N-dealkylation sites (tertiary alicyclic amines) is 1. The fourth-order valence-electron chi connectivity index (χ4n) is 2.55. The van der Waals surface area contributed by atoms with E-state index < -0.39 is 0 Å². The van der Waals surface area contributed by atoms with Crippen molar-refractivity contribution in [3.63, 3.8) is 0 Å². The van der Waals surface area contributed by atoms with Crippen LogP contribution in [0.4, 0.5) is 0 Å². The molecule has 0 spiro atoms. The Balaban J connectivity index is 1.62. The van der Waals surface area contributed by atoms with E-state index in [1.807, 2.05) is 24.7 Å². The molecule has 1 saturated heterocycles.